The number of amidine groups is 1. The van der Waals surface area contributed by atoms with Crippen LogP contribution in [0.5, 0.6) is 0 Å². The molecule has 0 bridgehead atoms. The molecule has 19 heavy (non-hydrogen) atoms. The molecule has 1 aliphatic rings. The van der Waals surface area contributed by atoms with E-state index in [4.69, 9.17) is 10.9 Å². The molecule has 0 atom stereocenters. The van der Waals surface area contributed by atoms with Crippen LogP contribution in [-0.4, -0.2) is 29.1 Å². The number of nitrogens with zero attached hydrogens (tertiary/aromatic N) is 3. The van der Waals surface area contributed by atoms with Gasteiger partial charge in [-0.1, -0.05) is 24.9 Å². The van der Waals surface area contributed by atoms with Crippen molar-refractivity contribution in [2.24, 2.45) is 16.8 Å². The number of anilines is 1. The van der Waals surface area contributed by atoms with Crippen LogP contribution in [0.2, 0.25) is 0 Å². The van der Waals surface area contributed by atoms with Crippen molar-refractivity contribution in [3.8, 4) is 0 Å². The molecule has 0 radical (unpaired) electrons. The van der Waals surface area contributed by atoms with E-state index in [2.05, 4.69) is 22.0 Å². The normalized spacial score (nSPS) is 17.7. The van der Waals surface area contributed by atoms with Crippen LogP contribution in [-0.2, 0) is 0 Å². The second kappa shape index (κ2) is 6.41. The van der Waals surface area contributed by atoms with Gasteiger partial charge in [0.05, 0.1) is 5.69 Å². The second-order valence-electron chi connectivity index (χ2n) is 5.08. The van der Waals surface area contributed by atoms with Crippen molar-refractivity contribution in [3.63, 3.8) is 0 Å². The first-order valence-electron chi connectivity index (χ1n) is 6.94. The first-order chi connectivity index (χ1) is 9.26. The Hall–Kier alpha value is -1.78. The van der Waals surface area contributed by atoms with E-state index in [1.54, 1.807) is 6.20 Å². The number of nitrogens with two attached hydrogens (primary N) is 1. The fourth-order valence-corrected chi connectivity index (χ4v) is 2.77. The first kappa shape index (κ1) is 13.6. The highest BCUT2D eigenvalue weighted by atomic mass is 16.4. The average Bonchev–Trinajstić information content (AvgIpc) is 2.47. The van der Waals surface area contributed by atoms with Gasteiger partial charge in [-0.15, -0.1) is 0 Å². The summed E-state index contributed by atoms with van der Waals surface area (Å²) in [6, 6.07) is 3.88. The largest absolute Gasteiger partial charge is 0.409 e. The van der Waals surface area contributed by atoms with Crippen LogP contribution >= 0.6 is 0 Å². The SMILES string of the molecule is CCCC1CCN(c2cccnc2/C(N)=N/O)CC1. The molecule has 1 saturated heterocycles. The Bertz CT molecular complexity index is 439. The molecule has 0 saturated carbocycles. The van der Waals surface area contributed by atoms with Crippen molar-refractivity contribution in [2.45, 2.75) is 32.6 Å². The highest BCUT2D eigenvalue weighted by Crippen LogP contribution is 2.27. The Morgan fingerprint density at radius 3 is 2.89 bits per heavy atom. The fraction of sp³-hybridized carbons (Fsp3) is 0.571. The van der Waals surface area contributed by atoms with E-state index in [0.29, 0.717) is 5.69 Å². The van der Waals surface area contributed by atoms with Crippen molar-refractivity contribution in [3.05, 3.63) is 24.0 Å². The predicted molar refractivity (Wildman–Crippen MR) is 76.6 cm³/mol. The minimum Gasteiger partial charge on any atom is -0.409 e. The number of rotatable bonds is 4. The lowest BCUT2D eigenvalue weighted by atomic mass is 9.92. The molecule has 0 aliphatic carbocycles. The summed E-state index contributed by atoms with van der Waals surface area (Å²) in [5, 5.41) is 11.9. The van der Waals surface area contributed by atoms with Gasteiger partial charge in [-0.05, 0) is 30.9 Å². The van der Waals surface area contributed by atoms with Gasteiger partial charge in [0, 0.05) is 19.3 Å². The molecule has 5 heteroatoms. The Balaban J connectivity index is 2.11. The molecule has 1 aliphatic heterocycles. The average molecular weight is 262 g/mol. The van der Waals surface area contributed by atoms with Gasteiger partial charge in [0.1, 0.15) is 5.69 Å². The lowest BCUT2D eigenvalue weighted by Crippen LogP contribution is -2.35. The molecular weight excluding hydrogens is 240 g/mol. The summed E-state index contributed by atoms with van der Waals surface area (Å²) in [5.74, 6) is 0.913. The maximum atomic E-state index is 8.83. The zero-order valence-corrected chi connectivity index (χ0v) is 11.4. The summed E-state index contributed by atoms with van der Waals surface area (Å²) in [6.07, 6.45) is 6.65. The third-order valence-electron chi connectivity index (χ3n) is 3.79. The molecule has 1 aromatic heterocycles. The van der Waals surface area contributed by atoms with Gasteiger partial charge in [-0.25, -0.2) is 0 Å². The molecule has 0 aromatic carbocycles. The highest BCUT2D eigenvalue weighted by molar-refractivity contribution is 6.00. The van der Waals surface area contributed by atoms with E-state index < -0.39 is 0 Å². The van der Waals surface area contributed by atoms with Gasteiger partial charge in [-0.3, -0.25) is 4.98 Å². The molecule has 0 amide bonds. The Morgan fingerprint density at radius 1 is 1.53 bits per heavy atom. The molecule has 104 valence electrons. The van der Waals surface area contributed by atoms with Crippen LogP contribution in [0.1, 0.15) is 38.3 Å². The topological polar surface area (TPSA) is 74.7 Å². The summed E-state index contributed by atoms with van der Waals surface area (Å²) >= 11 is 0. The third-order valence-corrected chi connectivity index (χ3v) is 3.79. The van der Waals surface area contributed by atoms with Crippen molar-refractivity contribution >= 4 is 11.5 Å². The summed E-state index contributed by atoms with van der Waals surface area (Å²) in [6.45, 7) is 4.27. The van der Waals surface area contributed by atoms with Gasteiger partial charge in [0.25, 0.3) is 0 Å². The quantitative estimate of drug-likeness (QED) is 0.377. The predicted octanol–water partition coefficient (Wildman–Crippen LogP) is 2.19. The van der Waals surface area contributed by atoms with Gasteiger partial charge in [0.2, 0.25) is 0 Å². The maximum absolute atomic E-state index is 8.83. The van der Waals surface area contributed by atoms with Crippen molar-refractivity contribution in [1.82, 2.24) is 4.98 Å². The Morgan fingerprint density at radius 2 is 2.26 bits per heavy atom. The number of hydrogen-bond donors (Lipinski definition) is 2. The van der Waals surface area contributed by atoms with E-state index in [1.807, 2.05) is 12.1 Å². The number of pyridine rings is 1. The number of aromatic nitrogens is 1. The van der Waals surface area contributed by atoms with E-state index in [0.717, 1.165) is 24.7 Å². The molecule has 0 spiro atoms. The number of piperidine rings is 1. The van der Waals surface area contributed by atoms with Crippen LogP contribution in [0.15, 0.2) is 23.5 Å². The third kappa shape index (κ3) is 3.16. The smallest absolute Gasteiger partial charge is 0.190 e. The Labute approximate surface area is 114 Å². The summed E-state index contributed by atoms with van der Waals surface area (Å²) in [4.78, 5) is 6.51. The van der Waals surface area contributed by atoms with Crippen LogP contribution in [0.3, 0.4) is 0 Å². The minimum absolute atomic E-state index is 0.0753. The van der Waals surface area contributed by atoms with E-state index in [9.17, 15) is 0 Å². The monoisotopic (exact) mass is 262 g/mol. The van der Waals surface area contributed by atoms with Crippen LogP contribution in [0.25, 0.3) is 0 Å². The van der Waals surface area contributed by atoms with Gasteiger partial charge in [0.15, 0.2) is 5.84 Å². The van der Waals surface area contributed by atoms with Crippen LogP contribution < -0.4 is 10.6 Å². The Kier molecular flexibility index (Phi) is 4.60. The summed E-state index contributed by atoms with van der Waals surface area (Å²) in [7, 11) is 0. The van der Waals surface area contributed by atoms with E-state index in [1.165, 1.54) is 25.7 Å². The van der Waals surface area contributed by atoms with E-state index in [-0.39, 0.29) is 5.84 Å². The van der Waals surface area contributed by atoms with Gasteiger partial charge >= 0.3 is 0 Å². The molecule has 0 unspecified atom stereocenters. The van der Waals surface area contributed by atoms with Crippen LogP contribution in [0, 0.1) is 5.92 Å². The van der Waals surface area contributed by atoms with Crippen molar-refractivity contribution in [1.29, 1.82) is 0 Å². The van der Waals surface area contributed by atoms with Crippen molar-refractivity contribution in [2.75, 3.05) is 18.0 Å². The van der Waals surface area contributed by atoms with Gasteiger partial charge in [-0.2, -0.15) is 0 Å². The summed E-state index contributed by atoms with van der Waals surface area (Å²) < 4.78 is 0. The second-order valence-corrected chi connectivity index (χ2v) is 5.08. The maximum Gasteiger partial charge on any atom is 0.190 e. The molecule has 1 aromatic rings. The highest BCUT2D eigenvalue weighted by Gasteiger charge is 2.21. The molecule has 2 heterocycles. The van der Waals surface area contributed by atoms with Crippen molar-refractivity contribution < 1.29 is 5.21 Å². The standard InChI is InChI=1S/C14H22N4O/c1-2-4-11-6-9-18(10-7-11)12-5-3-8-16-13(12)14(15)17-19/h3,5,8,11,19H,2,4,6-7,9-10H2,1H3,(H2,15,17). The lowest BCUT2D eigenvalue weighted by Gasteiger charge is -2.34. The first-order valence-corrected chi connectivity index (χ1v) is 6.94. The molecule has 3 N–H and O–H groups in total. The molecule has 1 fully saturated rings. The minimum atomic E-state index is 0.0753. The number of hydrogen-bond acceptors (Lipinski definition) is 4. The van der Waals surface area contributed by atoms with Gasteiger partial charge < -0.3 is 15.8 Å². The van der Waals surface area contributed by atoms with Crippen LogP contribution in [0.4, 0.5) is 5.69 Å². The summed E-state index contributed by atoms with van der Waals surface area (Å²) in [5.41, 5.74) is 7.22. The fourth-order valence-electron chi connectivity index (χ4n) is 2.77. The molecule has 2 rings (SSSR count). The number of oxime groups is 1. The lowest BCUT2D eigenvalue weighted by molar-refractivity contribution is 0.318. The molecule has 5 nitrogen and oxygen atoms in total. The zero-order chi connectivity index (χ0) is 13.7. The zero-order valence-electron chi connectivity index (χ0n) is 11.4. The molecular formula is C14H22N4O. The van der Waals surface area contributed by atoms with E-state index >= 15 is 0 Å².